The molecule has 6 heteroatoms. The largest absolute Gasteiger partial charge is 0.372 e. The molecule has 158 valence electrons. The van der Waals surface area contributed by atoms with Gasteiger partial charge in [0.25, 0.3) is 5.89 Å². The number of anilines is 1. The van der Waals surface area contributed by atoms with Gasteiger partial charge in [0.05, 0.1) is 6.54 Å². The van der Waals surface area contributed by atoms with Gasteiger partial charge in [0.1, 0.15) is 0 Å². The molecule has 1 aliphatic rings. The summed E-state index contributed by atoms with van der Waals surface area (Å²) < 4.78 is 7.51. The summed E-state index contributed by atoms with van der Waals surface area (Å²) in [4.78, 5) is 7.04. The monoisotopic (exact) mass is 413 g/mol. The average Bonchev–Trinajstić information content (AvgIpc) is 3.43. The van der Waals surface area contributed by atoms with E-state index in [1.54, 1.807) is 0 Å². The van der Waals surface area contributed by atoms with Crippen LogP contribution in [0.2, 0.25) is 0 Å². The van der Waals surface area contributed by atoms with Gasteiger partial charge >= 0.3 is 0 Å². The Morgan fingerprint density at radius 2 is 1.65 bits per heavy atom. The molecule has 2 aromatic carbocycles. The zero-order chi connectivity index (χ0) is 21.2. The number of aromatic nitrogens is 4. The van der Waals surface area contributed by atoms with Crippen LogP contribution in [0.5, 0.6) is 0 Å². The van der Waals surface area contributed by atoms with E-state index in [1.165, 1.54) is 36.1 Å². The number of benzene rings is 2. The van der Waals surface area contributed by atoms with E-state index in [9.17, 15) is 0 Å². The van der Waals surface area contributed by atoms with Crippen LogP contribution in [0.3, 0.4) is 0 Å². The molecule has 0 amide bonds. The van der Waals surface area contributed by atoms with Crippen LogP contribution in [0.1, 0.15) is 36.1 Å². The van der Waals surface area contributed by atoms with Crippen molar-refractivity contribution in [3.8, 4) is 23.0 Å². The van der Waals surface area contributed by atoms with Crippen molar-refractivity contribution in [3.63, 3.8) is 0 Å². The maximum Gasteiger partial charge on any atom is 0.278 e. The van der Waals surface area contributed by atoms with Crippen LogP contribution in [0.25, 0.3) is 23.0 Å². The highest BCUT2D eigenvalue weighted by Gasteiger charge is 2.16. The SMILES string of the molecule is Cc1ccc(Cn2nc(-c3nc(-c4ccc(N5CCCCC5)cc4)no3)cc2C)cc1. The van der Waals surface area contributed by atoms with Gasteiger partial charge in [-0.3, -0.25) is 4.68 Å². The van der Waals surface area contributed by atoms with Crippen molar-refractivity contribution in [1.29, 1.82) is 0 Å². The van der Waals surface area contributed by atoms with E-state index in [2.05, 4.69) is 70.5 Å². The molecule has 1 fully saturated rings. The molecule has 5 rings (SSSR count). The summed E-state index contributed by atoms with van der Waals surface area (Å²) in [6, 6.07) is 18.9. The lowest BCUT2D eigenvalue weighted by Gasteiger charge is -2.28. The van der Waals surface area contributed by atoms with E-state index in [0.29, 0.717) is 24.0 Å². The van der Waals surface area contributed by atoms with Crippen LogP contribution in [0.15, 0.2) is 59.1 Å². The van der Waals surface area contributed by atoms with Crippen molar-refractivity contribution in [1.82, 2.24) is 19.9 Å². The number of hydrogen-bond donors (Lipinski definition) is 0. The Morgan fingerprint density at radius 1 is 0.903 bits per heavy atom. The second-order valence-electron chi connectivity index (χ2n) is 8.33. The van der Waals surface area contributed by atoms with Gasteiger partial charge in [-0.1, -0.05) is 35.0 Å². The maximum absolute atomic E-state index is 5.54. The zero-order valence-corrected chi connectivity index (χ0v) is 18.1. The van der Waals surface area contributed by atoms with E-state index in [4.69, 9.17) is 9.62 Å². The lowest BCUT2D eigenvalue weighted by Crippen LogP contribution is -2.29. The smallest absolute Gasteiger partial charge is 0.278 e. The maximum atomic E-state index is 5.54. The third-order valence-electron chi connectivity index (χ3n) is 5.93. The van der Waals surface area contributed by atoms with Crippen LogP contribution in [0.4, 0.5) is 5.69 Å². The zero-order valence-electron chi connectivity index (χ0n) is 18.1. The van der Waals surface area contributed by atoms with Gasteiger partial charge in [-0.2, -0.15) is 10.1 Å². The second-order valence-corrected chi connectivity index (χ2v) is 8.33. The Bertz CT molecular complexity index is 1150. The minimum Gasteiger partial charge on any atom is -0.372 e. The minimum atomic E-state index is 0.445. The second kappa shape index (κ2) is 8.38. The first-order valence-corrected chi connectivity index (χ1v) is 11.0. The molecule has 0 saturated carbocycles. The predicted molar refractivity (Wildman–Crippen MR) is 122 cm³/mol. The van der Waals surface area contributed by atoms with Gasteiger partial charge in [0.2, 0.25) is 5.82 Å². The molecule has 0 aliphatic carbocycles. The lowest BCUT2D eigenvalue weighted by atomic mass is 10.1. The van der Waals surface area contributed by atoms with Crippen LogP contribution in [0, 0.1) is 13.8 Å². The van der Waals surface area contributed by atoms with Crippen LogP contribution in [-0.4, -0.2) is 33.0 Å². The summed E-state index contributed by atoms with van der Waals surface area (Å²) >= 11 is 0. The predicted octanol–water partition coefficient (Wildman–Crippen LogP) is 5.26. The number of hydrogen-bond acceptors (Lipinski definition) is 5. The number of nitrogens with zero attached hydrogens (tertiary/aromatic N) is 5. The highest BCUT2D eigenvalue weighted by molar-refractivity contribution is 5.62. The van der Waals surface area contributed by atoms with Gasteiger partial charge in [0.15, 0.2) is 5.69 Å². The van der Waals surface area contributed by atoms with Gasteiger partial charge in [-0.15, -0.1) is 0 Å². The quantitative estimate of drug-likeness (QED) is 0.447. The summed E-state index contributed by atoms with van der Waals surface area (Å²) in [7, 11) is 0. The highest BCUT2D eigenvalue weighted by atomic mass is 16.5. The molecule has 6 nitrogen and oxygen atoms in total. The fourth-order valence-corrected chi connectivity index (χ4v) is 4.06. The lowest BCUT2D eigenvalue weighted by molar-refractivity contribution is 0.430. The van der Waals surface area contributed by atoms with E-state index in [0.717, 1.165) is 24.3 Å². The molecule has 0 N–H and O–H groups in total. The van der Waals surface area contributed by atoms with Crippen LogP contribution < -0.4 is 4.90 Å². The third kappa shape index (κ3) is 4.24. The summed E-state index contributed by atoms with van der Waals surface area (Å²) in [6.45, 7) is 7.12. The van der Waals surface area contributed by atoms with Crippen LogP contribution in [-0.2, 0) is 6.54 Å². The minimum absolute atomic E-state index is 0.445. The van der Waals surface area contributed by atoms with Crippen molar-refractivity contribution in [3.05, 3.63) is 71.4 Å². The Balaban J connectivity index is 1.33. The molecule has 31 heavy (non-hydrogen) atoms. The Morgan fingerprint density at radius 3 is 2.39 bits per heavy atom. The molecular weight excluding hydrogens is 386 g/mol. The first kappa shape index (κ1) is 19.5. The van der Waals surface area contributed by atoms with Gasteiger partial charge < -0.3 is 9.42 Å². The van der Waals surface area contributed by atoms with Crippen molar-refractivity contribution in [2.75, 3.05) is 18.0 Å². The topological polar surface area (TPSA) is 60.0 Å². The fourth-order valence-electron chi connectivity index (χ4n) is 4.06. The third-order valence-corrected chi connectivity index (χ3v) is 5.93. The molecule has 0 radical (unpaired) electrons. The van der Waals surface area contributed by atoms with Crippen molar-refractivity contribution in [2.24, 2.45) is 0 Å². The average molecular weight is 414 g/mol. The molecule has 3 heterocycles. The highest BCUT2D eigenvalue weighted by Crippen LogP contribution is 2.26. The van der Waals surface area contributed by atoms with E-state index in [1.807, 2.05) is 17.7 Å². The van der Waals surface area contributed by atoms with Crippen LogP contribution >= 0.6 is 0 Å². The Kier molecular flexibility index (Phi) is 5.28. The van der Waals surface area contributed by atoms with Crippen molar-refractivity contribution in [2.45, 2.75) is 39.7 Å². The Labute approximate surface area is 182 Å². The van der Waals surface area contributed by atoms with Gasteiger partial charge in [0, 0.05) is 30.0 Å². The normalized spacial score (nSPS) is 14.2. The molecular formula is C25H27N5O. The fraction of sp³-hybridized carbons (Fsp3) is 0.320. The summed E-state index contributed by atoms with van der Waals surface area (Å²) in [5, 5.41) is 8.88. The summed E-state index contributed by atoms with van der Waals surface area (Å²) in [5.41, 5.74) is 6.44. The van der Waals surface area contributed by atoms with Gasteiger partial charge in [-0.25, -0.2) is 0 Å². The molecule has 0 bridgehead atoms. The molecule has 0 unspecified atom stereocenters. The van der Waals surface area contributed by atoms with E-state index >= 15 is 0 Å². The number of piperidine rings is 1. The first-order chi connectivity index (χ1) is 15.2. The molecule has 1 aliphatic heterocycles. The number of aryl methyl sites for hydroxylation is 2. The van der Waals surface area contributed by atoms with Crippen molar-refractivity contribution >= 4 is 5.69 Å². The summed E-state index contributed by atoms with van der Waals surface area (Å²) in [6.07, 6.45) is 3.87. The van der Waals surface area contributed by atoms with E-state index in [-0.39, 0.29) is 0 Å². The molecule has 4 aromatic rings. The summed E-state index contributed by atoms with van der Waals surface area (Å²) in [5.74, 6) is 1.03. The first-order valence-electron chi connectivity index (χ1n) is 11.0. The van der Waals surface area contributed by atoms with E-state index < -0.39 is 0 Å². The number of rotatable bonds is 5. The molecule has 2 aromatic heterocycles. The van der Waals surface area contributed by atoms with Crippen molar-refractivity contribution < 1.29 is 4.52 Å². The van der Waals surface area contributed by atoms with Gasteiger partial charge in [-0.05, 0) is 69.0 Å². The standard InChI is InChI=1S/C25H27N5O/c1-18-6-8-20(9-7-18)17-30-19(2)16-23(27-30)25-26-24(28-31-25)21-10-12-22(13-11-21)29-14-4-3-5-15-29/h6-13,16H,3-5,14-15,17H2,1-2H3. The Hall–Kier alpha value is -3.41. The molecule has 0 spiro atoms. The molecule has 1 saturated heterocycles. The molecule has 0 atom stereocenters.